The summed E-state index contributed by atoms with van der Waals surface area (Å²) in [4.78, 5) is 28.7. The Morgan fingerprint density at radius 2 is 0.651 bits per heavy atom. The van der Waals surface area contributed by atoms with Crippen LogP contribution in [-0.4, -0.2) is 49.3 Å². The molecule has 0 unspecified atom stereocenters. The first kappa shape index (κ1) is 83.4. The minimum absolute atomic E-state index is 0.133. The SMILES string of the molecule is Cc1ccc2c(n1)oc1c(N3C=CN(C(C)(C)c4ccccc4C)[C@@H]3C)c(C)ccc12.Cc1ccc2c(n1)oc1ccc(C)c(C(C)(C)N3C=CN(c4ccccc4C)[C@H]3C)c12.Cc1ccccc1C(C)(C)N1C=CN(c2c(C)ccc3c2oc2ccccc23)[C@H]1C.Cc1ccccc1N1c2ccccc2N(C(C)(C)c2c(C)ccc3oc4ccccc4c23)[C@@H]1C. The Morgan fingerprint density at radius 3 is 1.20 bits per heavy atom. The zero-order valence-corrected chi connectivity index (χ0v) is 77.0. The van der Waals surface area contributed by atoms with E-state index in [9.17, 15) is 0 Å². The molecule has 0 radical (unpaired) electrons. The van der Waals surface area contributed by atoms with Crippen LogP contribution >= 0.6 is 0 Å². The van der Waals surface area contributed by atoms with Gasteiger partial charge in [-0.3, -0.25) is 0 Å². The Balaban J connectivity index is 0.000000114. The van der Waals surface area contributed by atoms with Crippen molar-refractivity contribution >= 4 is 122 Å². The zero-order chi connectivity index (χ0) is 88.5. The van der Waals surface area contributed by atoms with Crippen LogP contribution in [0.2, 0.25) is 0 Å². The van der Waals surface area contributed by atoms with Crippen molar-refractivity contribution in [3.05, 3.63) is 358 Å². The van der Waals surface area contributed by atoms with Crippen LogP contribution in [0.5, 0.6) is 0 Å². The van der Waals surface area contributed by atoms with Crippen LogP contribution in [-0.2, 0) is 22.2 Å². The van der Waals surface area contributed by atoms with Crippen molar-refractivity contribution in [2.75, 3.05) is 24.5 Å². The molecular formula is C112H116N10O4. The third-order valence-corrected chi connectivity index (χ3v) is 27.5. The number of hydrogen-bond acceptors (Lipinski definition) is 14. The van der Waals surface area contributed by atoms with E-state index >= 15 is 0 Å². The molecule has 0 saturated heterocycles. The number of para-hydroxylation sites is 6. The van der Waals surface area contributed by atoms with Crippen molar-refractivity contribution < 1.29 is 17.7 Å². The second-order valence-electron chi connectivity index (χ2n) is 37.0. The van der Waals surface area contributed by atoms with E-state index in [4.69, 9.17) is 17.7 Å². The summed E-state index contributed by atoms with van der Waals surface area (Å²) in [6.45, 7) is 49.1. The zero-order valence-electron chi connectivity index (χ0n) is 77.0. The van der Waals surface area contributed by atoms with Gasteiger partial charge in [0, 0.05) is 103 Å². The van der Waals surface area contributed by atoms with E-state index in [-0.39, 0.29) is 46.8 Å². The first-order valence-electron chi connectivity index (χ1n) is 44.4. The molecule has 21 rings (SSSR count). The van der Waals surface area contributed by atoms with E-state index in [1.165, 1.54) is 116 Å². The lowest BCUT2D eigenvalue weighted by atomic mass is 9.84. The number of aromatic nitrogens is 2. The van der Waals surface area contributed by atoms with E-state index in [2.05, 4.69) is 443 Å². The van der Waals surface area contributed by atoms with Crippen LogP contribution in [0.3, 0.4) is 0 Å². The van der Waals surface area contributed by atoms with E-state index in [1.54, 1.807) is 0 Å². The van der Waals surface area contributed by atoms with E-state index in [0.717, 1.165) is 72.4 Å². The van der Waals surface area contributed by atoms with Crippen molar-refractivity contribution in [3.8, 4) is 0 Å². The lowest BCUT2D eigenvalue weighted by Gasteiger charge is -2.43. The summed E-state index contributed by atoms with van der Waals surface area (Å²) in [5, 5.41) is 9.17. The van der Waals surface area contributed by atoms with Gasteiger partial charge in [0.05, 0.1) is 44.9 Å². The number of anilines is 6. The lowest BCUT2D eigenvalue weighted by molar-refractivity contribution is 0.152. The second-order valence-corrected chi connectivity index (χ2v) is 37.0. The minimum Gasteiger partial charge on any atom is -0.456 e. The van der Waals surface area contributed by atoms with Gasteiger partial charge in [0.15, 0.2) is 11.2 Å². The molecule has 0 aliphatic carbocycles. The van der Waals surface area contributed by atoms with E-state index in [1.807, 2.05) is 38.1 Å². The van der Waals surface area contributed by atoms with Crippen LogP contribution in [0.4, 0.5) is 34.1 Å². The van der Waals surface area contributed by atoms with Gasteiger partial charge >= 0.3 is 0 Å². The number of pyridine rings is 2. The molecule has 17 aromatic rings. The molecule has 4 aliphatic heterocycles. The van der Waals surface area contributed by atoms with Crippen molar-refractivity contribution in [1.29, 1.82) is 0 Å². The van der Waals surface area contributed by atoms with Crippen molar-refractivity contribution in [2.45, 2.75) is 199 Å². The van der Waals surface area contributed by atoms with Gasteiger partial charge in [-0.1, -0.05) is 170 Å². The molecule has 10 heterocycles. The maximum absolute atomic E-state index is 6.36. The standard InChI is InChI=1S/C31H30N2O.2C27H29N3O.C27H28N2O/c1-20-12-6-8-14-24(20)32-22(3)33(26-16-10-9-15-25(26)32)31(4,5)30-21(2)18-19-28-29(30)23-13-7-11-17-27(23)34-28;1-17-9-7-8-10-22(17)29-15-16-30(20(29)4)27(5,6)25-18(2)11-14-23-24(25)21-13-12-19(3)28-26(21)31-23;1-17-9-7-8-10-23(17)27(5,6)30-16-15-29(20(30)4)24-18(2)11-13-21-22-14-12-19(3)28-26(22)31-25(21)24;1-18-10-6-8-12-23(18)27(4,5)29-17-16-28(20(29)3)25-19(2)14-15-22-21-11-7-9-13-24(21)30-26(22)25/h6-19,22H,1-5H3;2*7-16,20H,1-6H3;6-17,20H,1-5H3/t22-;3*20-/m1111/s1. The Hall–Kier alpha value is -13.5. The highest BCUT2D eigenvalue weighted by molar-refractivity contribution is 6.12. The Labute approximate surface area is 741 Å². The van der Waals surface area contributed by atoms with Crippen LogP contribution in [0.25, 0.3) is 88.0 Å². The van der Waals surface area contributed by atoms with Gasteiger partial charge in [0.2, 0.25) is 11.4 Å². The van der Waals surface area contributed by atoms with Gasteiger partial charge < -0.3 is 56.9 Å². The fourth-order valence-electron chi connectivity index (χ4n) is 21.4. The Morgan fingerprint density at radius 1 is 0.262 bits per heavy atom. The highest BCUT2D eigenvalue weighted by Crippen LogP contribution is 2.54. The molecule has 14 heteroatoms. The predicted octanol–water partition coefficient (Wildman–Crippen LogP) is 29.1. The first-order chi connectivity index (χ1) is 60.4. The number of nitrogens with zero attached hydrogens (tertiary/aromatic N) is 10. The third-order valence-electron chi connectivity index (χ3n) is 27.5. The summed E-state index contributed by atoms with van der Waals surface area (Å²) in [6, 6.07) is 85.7. The van der Waals surface area contributed by atoms with Gasteiger partial charge in [0.1, 0.15) is 47.0 Å². The molecule has 0 N–H and O–H groups in total. The van der Waals surface area contributed by atoms with Crippen molar-refractivity contribution in [2.24, 2.45) is 0 Å². The highest BCUT2D eigenvalue weighted by atomic mass is 16.3. The molecule has 4 atom stereocenters. The molecule has 0 fully saturated rings. The number of furan rings is 4. The summed E-state index contributed by atoms with van der Waals surface area (Å²) >= 11 is 0. The van der Waals surface area contributed by atoms with Crippen LogP contribution in [0.15, 0.2) is 298 Å². The molecule has 11 aromatic carbocycles. The summed E-state index contributed by atoms with van der Waals surface area (Å²) in [6.07, 6.45) is 13.9. The molecule has 0 saturated carbocycles. The van der Waals surface area contributed by atoms with Crippen LogP contribution < -0.4 is 24.5 Å². The Bertz CT molecular complexity index is 7190. The molecular weight excluding hydrogens is 1550 g/mol. The number of aryl methyl sites for hydroxylation is 10. The van der Waals surface area contributed by atoms with E-state index < -0.39 is 0 Å². The van der Waals surface area contributed by atoms with Crippen LogP contribution in [0, 0.1) is 69.2 Å². The largest absolute Gasteiger partial charge is 0.456 e. The predicted molar refractivity (Wildman–Crippen MR) is 525 cm³/mol. The maximum atomic E-state index is 6.36. The first-order valence-corrected chi connectivity index (χ1v) is 44.4. The average molecular weight is 1670 g/mol. The Kier molecular flexibility index (Phi) is 21.2. The van der Waals surface area contributed by atoms with Crippen LogP contribution in [0.1, 0.15) is 161 Å². The average Bonchev–Trinajstić information content (AvgIpc) is 1.59. The quantitative estimate of drug-likeness (QED) is 0.116. The van der Waals surface area contributed by atoms with Crippen molar-refractivity contribution in [1.82, 2.24) is 24.7 Å². The smallest absolute Gasteiger partial charge is 0.227 e. The molecule has 126 heavy (non-hydrogen) atoms. The maximum Gasteiger partial charge on any atom is 0.227 e. The van der Waals surface area contributed by atoms with Gasteiger partial charge in [-0.25, -0.2) is 9.97 Å². The number of hydrogen-bond donors (Lipinski definition) is 0. The fourth-order valence-corrected chi connectivity index (χ4v) is 21.4. The molecule has 0 bridgehead atoms. The third kappa shape index (κ3) is 13.9. The van der Waals surface area contributed by atoms with Gasteiger partial charge in [0.25, 0.3) is 0 Å². The summed E-state index contributed by atoms with van der Waals surface area (Å²) in [5.41, 5.74) is 30.8. The van der Waals surface area contributed by atoms with Gasteiger partial charge in [-0.05, 0) is 292 Å². The number of fused-ring (bicyclic) bond motifs is 13. The topological polar surface area (TPSA) is 104 Å². The van der Waals surface area contributed by atoms with E-state index in [0.29, 0.717) is 11.4 Å². The van der Waals surface area contributed by atoms with Crippen molar-refractivity contribution in [3.63, 3.8) is 0 Å². The molecule has 0 spiro atoms. The molecule has 4 aliphatic rings. The minimum atomic E-state index is -0.288. The summed E-state index contributed by atoms with van der Waals surface area (Å²) in [5.74, 6) is 0. The molecule has 638 valence electrons. The fraction of sp³-hybridized carbons (Fsp3) is 0.268. The number of benzene rings is 11. The summed E-state index contributed by atoms with van der Waals surface area (Å²) in [7, 11) is 0. The normalized spacial score (nSPS) is 16.6. The number of rotatable bonds is 12. The lowest BCUT2D eigenvalue weighted by Crippen LogP contribution is -2.49. The molecule has 6 aromatic heterocycles. The molecule has 0 amide bonds. The second kappa shape index (κ2) is 31.9. The monoisotopic (exact) mass is 1660 g/mol. The van der Waals surface area contributed by atoms with Gasteiger partial charge in [-0.15, -0.1) is 0 Å². The summed E-state index contributed by atoms with van der Waals surface area (Å²) < 4.78 is 25.1. The highest BCUT2D eigenvalue weighted by Gasteiger charge is 2.46. The molecule has 14 nitrogen and oxygen atoms in total. The van der Waals surface area contributed by atoms with Gasteiger partial charge in [-0.2, -0.15) is 0 Å².